The van der Waals surface area contributed by atoms with Crippen LogP contribution in [0.3, 0.4) is 0 Å². The van der Waals surface area contributed by atoms with Crippen LogP contribution in [0.25, 0.3) is 0 Å². The molecular weight excluding hydrogens is 260 g/mol. The van der Waals surface area contributed by atoms with Crippen molar-refractivity contribution in [3.05, 3.63) is 41.7 Å². The summed E-state index contributed by atoms with van der Waals surface area (Å²) >= 11 is 0. The summed E-state index contributed by atoms with van der Waals surface area (Å²) in [4.78, 5) is 11.3. The summed E-state index contributed by atoms with van der Waals surface area (Å²) in [7, 11) is 0. The van der Waals surface area contributed by atoms with Gasteiger partial charge in [0.15, 0.2) is 0 Å². The zero-order valence-corrected chi connectivity index (χ0v) is 13.3. The Bertz CT molecular complexity index is 595. The molecule has 2 rings (SSSR count). The van der Waals surface area contributed by atoms with E-state index in [9.17, 15) is 0 Å². The Morgan fingerprint density at radius 2 is 1.86 bits per heavy atom. The average Bonchev–Trinajstić information content (AvgIpc) is 2.47. The van der Waals surface area contributed by atoms with Crippen LogP contribution in [0.15, 0.2) is 30.3 Å². The van der Waals surface area contributed by atoms with Crippen LogP contribution >= 0.6 is 0 Å². The topological polar surface area (TPSA) is 41.0 Å². The molecule has 0 aliphatic rings. The zero-order valence-electron chi connectivity index (χ0n) is 13.3. The molecule has 0 amide bonds. The molecule has 0 radical (unpaired) electrons. The second kappa shape index (κ2) is 7.07. The van der Waals surface area contributed by atoms with Gasteiger partial charge in [0.1, 0.15) is 17.5 Å². The highest BCUT2D eigenvalue weighted by atomic mass is 15.2. The highest BCUT2D eigenvalue weighted by Gasteiger charge is 2.12. The van der Waals surface area contributed by atoms with Gasteiger partial charge in [-0.25, -0.2) is 9.97 Å². The average molecular weight is 284 g/mol. The highest BCUT2D eigenvalue weighted by molar-refractivity contribution is 5.65. The molecule has 0 spiro atoms. The summed E-state index contributed by atoms with van der Waals surface area (Å²) in [6.07, 6.45) is 1.08. The van der Waals surface area contributed by atoms with E-state index in [1.54, 1.807) is 0 Å². The van der Waals surface area contributed by atoms with E-state index in [2.05, 4.69) is 65.2 Å². The molecule has 2 aromatic rings. The van der Waals surface area contributed by atoms with Gasteiger partial charge in [-0.1, -0.05) is 25.1 Å². The van der Waals surface area contributed by atoms with Crippen LogP contribution in [0.4, 0.5) is 17.3 Å². The molecule has 0 fully saturated rings. The van der Waals surface area contributed by atoms with E-state index in [4.69, 9.17) is 0 Å². The molecule has 0 saturated heterocycles. The van der Waals surface area contributed by atoms with Crippen molar-refractivity contribution < 1.29 is 0 Å². The van der Waals surface area contributed by atoms with E-state index in [1.165, 1.54) is 11.3 Å². The minimum absolute atomic E-state index is 0.790. The van der Waals surface area contributed by atoms with Crippen molar-refractivity contribution in [1.82, 2.24) is 9.97 Å². The van der Waals surface area contributed by atoms with Crippen LogP contribution in [0, 0.1) is 13.8 Å². The van der Waals surface area contributed by atoms with E-state index in [0.29, 0.717) is 0 Å². The minimum atomic E-state index is 0.790. The molecule has 4 heteroatoms. The maximum absolute atomic E-state index is 4.61. The van der Waals surface area contributed by atoms with Crippen molar-refractivity contribution in [1.29, 1.82) is 0 Å². The Morgan fingerprint density at radius 3 is 2.52 bits per heavy atom. The van der Waals surface area contributed by atoms with Gasteiger partial charge in [-0.05, 0) is 38.8 Å². The second-order valence-electron chi connectivity index (χ2n) is 5.12. The number of aromatic nitrogens is 2. The largest absolute Gasteiger partial charge is 0.370 e. The van der Waals surface area contributed by atoms with Gasteiger partial charge in [0.05, 0.1) is 0 Å². The standard InChI is InChI=1S/C17H24N4/c1-5-11-18-16-12-17(20-14(4)19-16)21(6-2)15-10-8-7-9-13(15)3/h7-10,12H,5-6,11H2,1-4H3,(H,18,19,20). The Kier molecular flexibility index (Phi) is 5.14. The first kappa shape index (κ1) is 15.3. The number of benzene rings is 1. The SMILES string of the molecule is CCCNc1cc(N(CC)c2ccccc2C)nc(C)n1. The van der Waals surface area contributed by atoms with E-state index < -0.39 is 0 Å². The first-order chi connectivity index (χ1) is 10.2. The number of hydrogen-bond acceptors (Lipinski definition) is 4. The molecule has 0 aliphatic heterocycles. The lowest BCUT2D eigenvalue weighted by atomic mass is 10.2. The molecule has 0 bridgehead atoms. The smallest absolute Gasteiger partial charge is 0.138 e. The van der Waals surface area contributed by atoms with Gasteiger partial charge in [-0.2, -0.15) is 0 Å². The summed E-state index contributed by atoms with van der Waals surface area (Å²) in [6.45, 7) is 10.1. The van der Waals surface area contributed by atoms with Gasteiger partial charge in [0, 0.05) is 24.8 Å². The number of hydrogen-bond donors (Lipinski definition) is 1. The number of nitrogens with zero attached hydrogens (tertiary/aromatic N) is 3. The molecule has 4 nitrogen and oxygen atoms in total. The Hall–Kier alpha value is -2.10. The van der Waals surface area contributed by atoms with Gasteiger partial charge in [-0.3, -0.25) is 0 Å². The molecule has 1 N–H and O–H groups in total. The summed E-state index contributed by atoms with van der Waals surface area (Å²) in [6, 6.07) is 10.4. The number of anilines is 3. The van der Waals surface area contributed by atoms with Crippen molar-refractivity contribution in [3.63, 3.8) is 0 Å². The predicted octanol–water partition coefficient (Wildman–Crippen LogP) is 4.07. The molecule has 1 heterocycles. The van der Waals surface area contributed by atoms with Gasteiger partial charge in [0.25, 0.3) is 0 Å². The van der Waals surface area contributed by atoms with Crippen molar-refractivity contribution in [2.45, 2.75) is 34.1 Å². The van der Waals surface area contributed by atoms with E-state index in [-0.39, 0.29) is 0 Å². The fourth-order valence-electron chi connectivity index (χ4n) is 2.36. The van der Waals surface area contributed by atoms with E-state index in [1.807, 2.05) is 13.0 Å². The first-order valence-corrected chi connectivity index (χ1v) is 7.58. The molecule has 1 aromatic heterocycles. The molecule has 1 aromatic carbocycles. The van der Waals surface area contributed by atoms with Crippen LogP contribution in [0.2, 0.25) is 0 Å². The van der Waals surface area contributed by atoms with Crippen LogP contribution in [0.1, 0.15) is 31.7 Å². The van der Waals surface area contributed by atoms with Gasteiger partial charge in [-0.15, -0.1) is 0 Å². The number of rotatable bonds is 6. The molecule has 0 aliphatic carbocycles. The maximum atomic E-state index is 4.61. The van der Waals surface area contributed by atoms with Gasteiger partial charge < -0.3 is 10.2 Å². The van der Waals surface area contributed by atoms with Crippen molar-refractivity contribution in [3.8, 4) is 0 Å². The summed E-state index contributed by atoms with van der Waals surface area (Å²) in [5.74, 6) is 2.63. The van der Waals surface area contributed by atoms with Gasteiger partial charge >= 0.3 is 0 Å². The van der Waals surface area contributed by atoms with Crippen molar-refractivity contribution >= 4 is 17.3 Å². The van der Waals surface area contributed by atoms with E-state index >= 15 is 0 Å². The molecule has 0 unspecified atom stereocenters. The third-order valence-electron chi connectivity index (χ3n) is 3.38. The molecular formula is C17H24N4. The Balaban J connectivity index is 2.38. The third-order valence-corrected chi connectivity index (χ3v) is 3.38. The van der Waals surface area contributed by atoms with E-state index in [0.717, 1.165) is 37.0 Å². The normalized spacial score (nSPS) is 10.5. The Labute approximate surface area is 127 Å². The predicted molar refractivity (Wildman–Crippen MR) is 89.4 cm³/mol. The molecule has 112 valence electrons. The highest BCUT2D eigenvalue weighted by Crippen LogP contribution is 2.27. The summed E-state index contributed by atoms with van der Waals surface area (Å²) < 4.78 is 0. The summed E-state index contributed by atoms with van der Waals surface area (Å²) in [5.41, 5.74) is 2.44. The second-order valence-corrected chi connectivity index (χ2v) is 5.12. The zero-order chi connectivity index (χ0) is 15.2. The monoisotopic (exact) mass is 284 g/mol. The third kappa shape index (κ3) is 3.72. The van der Waals surface area contributed by atoms with Crippen LogP contribution in [-0.4, -0.2) is 23.1 Å². The molecule has 0 atom stereocenters. The quantitative estimate of drug-likeness (QED) is 0.868. The molecule has 21 heavy (non-hydrogen) atoms. The molecule has 0 saturated carbocycles. The fourth-order valence-corrected chi connectivity index (χ4v) is 2.36. The number of nitrogens with one attached hydrogen (secondary N) is 1. The number of para-hydroxylation sites is 1. The van der Waals surface area contributed by atoms with Crippen molar-refractivity contribution in [2.24, 2.45) is 0 Å². The Morgan fingerprint density at radius 1 is 1.10 bits per heavy atom. The lowest BCUT2D eigenvalue weighted by Crippen LogP contribution is -2.19. The van der Waals surface area contributed by atoms with Crippen molar-refractivity contribution in [2.75, 3.05) is 23.3 Å². The van der Waals surface area contributed by atoms with Crippen LogP contribution in [-0.2, 0) is 0 Å². The minimum Gasteiger partial charge on any atom is -0.370 e. The van der Waals surface area contributed by atoms with Gasteiger partial charge in [0.2, 0.25) is 0 Å². The summed E-state index contributed by atoms with van der Waals surface area (Å²) in [5, 5.41) is 3.34. The number of aryl methyl sites for hydroxylation is 2. The first-order valence-electron chi connectivity index (χ1n) is 7.58. The van der Waals surface area contributed by atoms with Crippen LogP contribution in [0.5, 0.6) is 0 Å². The maximum Gasteiger partial charge on any atom is 0.138 e. The lowest BCUT2D eigenvalue weighted by Gasteiger charge is -2.24. The van der Waals surface area contributed by atoms with Crippen LogP contribution < -0.4 is 10.2 Å². The lowest BCUT2D eigenvalue weighted by molar-refractivity contribution is 0.928. The fraction of sp³-hybridized carbons (Fsp3) is 0.412.